The molecular weight excluding hydrogens is 482 g/mol. The van der Waals surface area contributed by atoms with Crippen LogP contribution in [-0.4, -0.2) is 40.2 Å². The predicted octanol–water partition coefficient (Wildman–Crippen LogP) is 2.47. The second kappa shape index (κ2) is 11.5. The number of halogens is 1. The molecule has 0 bridgehead atoms. The van der Waals surface area contributed by atoms with Gasteiger partial charge in [-0.05, 0) is 30.5 Å². The summed E-state index contributed by atoms with van der Waals surface area (Å²) >= 11 is 6.43. The van der Waals surface area contributed by atoms with Crippen LogP contribution in [0.4, 0.5) is 0 Å². The summed E-state index contributed by atoms with van der Waals surface area (Å²) in [6, 6.07) is 13.7. The first kappa shape index (κ1) is 25.7. The van der Waals surface area contributed by atoms with Gasteiger partial charge < -0.3 is 29.1 Å². The quantitative estimate of drug-likeness (QED) is 0.295. The molecule has 3 aromatic rings. The number of carboxylic acids is 1. The number of hydrogen-bond donors (Lipinski definition) is 3. The van der Waals surface area contributed by atoms with Gasteiger partial charge in [-0.25, -0.2) is 14.4 Å². The van der Waals surface area contributed by atoms with E-state index in [1.807, 2.05) is 30.3 Å². The van der Waals surface area contributed by atoms with Crippen LogP contribution in [-0.2, 0) is 32.1 Å². The van der Waals surface area contributed by atoms with Crippen molar-refractivity contribution in [2.45, 2.75) is 38.5 Å². The van der Waals surface area contributed by atoms with Gasteiger partial charge in [0.25, 0.3) is 0 Å². The lowest BCUT2D eigenvalue weighted by Gasteiger charge is -2.20. The highest BCUT2D eigenvalue weighted by molar-refractivity contribution is 6.33. The summed E-state index contributed by atoms with van der Waals surface area (Å²) in [5.74, 6) is -4.86. The maximum Gasteiger partial charge on any atom is 0.519 e. The molecular formula is C24H22ClNO9. The molecule has 3 rings (SSSR count). The number of carboxylic acid groups (broad SMARTS) is 1. The molecule has 1 amide bonds. The lowest BCUT2D eigenvalue weighted by atomic mass is 9.97. The summed E-state index contributed by atoms with van der Waals surface area (Å²) in [6.45, 7) is 0.911. The van der Waals surface area contributed by atoms with Crippen molar-refractivity contribution in [3.8, 4) is 11.1 Å². The maximum atomic E-state index is 12.4. The van der Waals surface area contributed by atoms with Crippen LogP contribution in [0.1, 0.15) is 23.5 Å². The van der Waals surface area contributed by atoms with E-state index in [1.165, 1.54) is 6.92 Å². The summed E-state index contributed by atoms with van der Waals surface area (Å²) in [5, 5.41) is 21.7. The molecule has 184 valence electrons. The summed E-state index contributed by atoms with van der Waals surface area (Å²) in [4.78, 5) is 46.7. The molecule has 0 spiro atoms. The van der Waals surface area contributed by atoms with Crippen molar-refractivity contribution in [2.24, 2.45) is 0 Å². The zero-order chi connectivity index (χ0) is 25.5. The van der Waals surface area contributed by atoms with E-state index >= 15 is 0 Å². The van der Waals surface area contributed by atoms with Crippen LogP contribution < -0.4 is 11.1 Å². The Morgan fingerprint density at radius 1 is 1.11 bits per heavy atom. The van der Waals surface area contributed by atoms with E-state index in [4.69, 9.17) is 25.9 Å². The Balaban J connectivity index is 1.70. The molecule has 0 aliphatic rings. The van der Waals surface area contributed by atoms with Crippen LogP contribution in [0, 0.1) is 6.92 Å². The monoisotopic (exact) mass is 503 g/mol. The molecule has 0 aliphatic heterocycles. The van der Waals surface area contributed by atoms with Crippen LogP contribution in [0.15, 0.2) is 62.2 Å². The highest BCUT2D eigenvalue weighted by atomic mass is 35.5. The Bertz CT molecular complexity index is 1270. The standard InChI is InChI=1S/C24H22ClNO9/c1-13-20(35-24(32)34-13)12-33-23(31)21(28)26-16(11-19(27)22(29)30)9-14-7-8-17(18(25)10-14)15-5-3-2-4-6-15/h2-8,10,16,19,27H,9,11-12H2,1H3,(H,26,28)(H,29,30)/t16-,19-/m1/s1. The third-order valence-corrected chi connectivity index (χ3v) is 5.40. The zero-order valence-electron chi connectivity index (χ0n) is 18.5. The number of carbonyl (C=O) groups is 3. The minimum Gasteiger partial charge on any atom is -0.479 e. The Morgan fingerprint density at radius 3 is 2.43 bits per heavy atom. The van der Waals surface area contributed by atoms with Crippen molar-refractivity contribution in [2.75, 3.05) is 0 Å². The molecule has 0 unspecified atom stereocenters. The third kappa shape index (κ3) is 7.05. The first-order valence-corrected chi connectivity index (χ1v) is 10.8. The fourth-order valence-corrected chi connectivity index (χ4v) is 3.65. The van der Waals surface area contributed by atoms with Gasteiger partial charge in [-0.15, -0.1) is 0 Å². The first-order valence-electron chi connectivity index (χ1n) is 10.5. The normalized spacial score (nSPS) is 12.5. The summed E-state index contributed by atoms with van der Waals surface area (Å²) in [5.41, 5.74) is 2.33. The van der Waals surface area contributed by atoms with Gasteiger partial charge in [0, 0.05) is 23.0 Å². The summed E-state index contributed by atoms with van der Waals surface area (Å²) in [6.07, 6.45) is -2.08. The van der Waals surface area contributed by atoms with Gasteiger partial charge in [0.2, 0.25) is 0 Å². The molecule has 1 aromatic heterocycles. The molecule has 3 N–H and O–H groups in total. The SMILES string of the molecule is Cc1oc(=O)oc1COC(=O)C(=O)N[C@H](Cc1ccc(-c2ccccc2)c(Cl)c1)C[C@@H](O)C(=O)O. The molecule has 10 nitrogen and oxygen atoms in total. The second-order valence-electron chi connectivity index (χ2n) is 7.65. The van der Waals surface area contributed by atoms with Crippen LogP contribution in [0.25, 0.3) is 11.1 Å². The Kier molecular flexibility index (Phi) is 8.45. The van der Waals surface area contributed by atoms with Crippen LogP contribution >= 0.6 is 11.6 Å². The minimum atomic E-state index is -1.78. The molecule has 2 aromatic carbocycles. The van der Waals surface area contributed by atoms with Crippen molar-refractivity contribution in [1.82, 2.24) is 5.32 Å². The van der Waals surface area contributed by atoms with E-state index in [-0.39, 0.29) is 24.4 Å². The predicted molar refractivity (Wildman–Crippen MR) is 123 cm³/mol. The Labute approximate surface area is 204 Å². The van der Waals surface area contributed by atoms with E-state index < -0.39 is 42.4 Å². The Hall–Kier alpha value is -3.89. The van der Waals surface area contributed by atoms with Gasteiger partial charge >= 0.3 is 23.7 Å². The van der Waals surface area contributed by atoms with Crippen molar-refractivity contribution in [3.63, 3.8) is 0 Å². The van der Waals surface area contributed by atoms with E-state index in [0.717, 1.165) is 11.1 Å². The number of hydrogen-bond acceptors (Lipinski definition) is 8. The number of ether oxygens (including phenoxy) is 1. The van der Waals surface area contributed by atoms with Gasteiger partial charge in [-0.2, -0.15) is 0 Å². The molecule has 0 saturated carbocycles. The lowest BCUT2D eigenvalue weighted by molar-refractivity contribution is -0.156. The molecule has 35 heavy (non-hydrogen) atoms. The molecule has 11 heteroatoms. The average molecular weight is 504 g/mol. The van der Waals surface area contributed by atoms with Gasteiger partial charge in [-0.3, -0.25) is 4.79 Å². The molecule has 1 heterocycles. The van der Waals surface area contributed by atoms with Gasteiger partial charge in [-0.1, -0.05) is 54.1 Å². The summed E-state index contributed by atoms with van der Waals surface area (Å²) in [7, 11) is 0. The summed E-state index contributed by atoms with van der Waals surface area (Å²) < 4.78 is 14.2. The smallest absolute Gasteiger partial charge is 0.479 e. The minimum absolute atomic E-state index is 0.0536. The number of aryl methyl sites for hydroxylation is 1. The number of aliphatic carboxylic acids is 1. The highest BCUT2D eigenvalue weighted by Gasteiger charge is 2.26. The van der Waals surface area contributed by atoms with Gasteiger partial charge in [0.1, 0.15) is 0 Å². The van der Waals surface area contributed by atoms with Crippen LogP contribution in [0.2, 0.25) is 5.02 Å². The van der Waals surface area contributed by atoms with E-state index in [0.29, 0.717) is 10.6 Å². The van der Waals surface area contributed by atoms with Gasteiger partial charge in [0.05, 0.1) is 0 Å². The molecule has 0 fully saturated rings. The number of carbonyl (C=O) groups excluding carboxylic acids is 2. The fourth-order valence-electron chi connectivity index (χ4n) is 3.33. The number of nitrogens with one attached hydrogen (secondary N) is 1. The van der Waals surface area contributed by atoms with Crippen molar-refractivity contribution in [1.29, 1.82) is 0 Å². The van der Waals surface area contributed by atoms with E-state index in [2.05, 4.69) is 9.73 Å². The topological polar surface area (TPSA) is 156 Å². The Morgan fingerprint density at radius 2 is 1.83 bits per heavy atom. The van der Waals surface area contributed by atoms with Crippen LogP contribution in [0.5, 0.6) is 0 Å². The van der Waals surface area contributed by atoms with Gasteiger partial charge in [0.15, 0.2) is 24.2 Å². The molecule has 2 atom stereocenters. The third-order valence-electron chi connectivity index (χ3n) is 5.08. The van der Waals surface area contributed by atoms with Crippen molar-refractivity contribution < 1.29 is 38.2 Å². The number of aliphatic hydroxyl groups excluding tert-OH is 1. The average Bonchev–Trinajstić information content (AvgIpc) is 3.14. The number of benzene rings is 2. The largest absolute Gasteiger partial charge is 0.519 e. The number of rotatable bonds is 9. The van der Waals surface area contributed by atoms with Crippen molar-refractivity contribution >= 4 is 29.4 Å². The fraction of sp³-hybridized carbons (Fsp3) is 0.250. The highest BCUT2D eigenvalue weighted by Crippen LogP contribution is 2.29. The van der Waals surface area contributed by atoms with Crippen molar-refractivity contribution in [3.05, 3.63) is 81.3 Å². The molecule has 0 aliphatic carbocycles. The number of amides is 1. The molecule has 0 radical (unpaired) electrons. The molecule has 0 saturated heterocycles. The second-order valence-corrected chi connectivity index (χ2v) is 8.06. The zero-order valence-corrected chi connectivity index (χ0v) is 19.3. The maximum absolute atomic E-state index is 12.4. The van der Waals surface area contributed by atoms with E-state index in [9.17, 15) is 24.3 Å². The van der Waals surface area contributed by atoms with Crippen LogP contribution in [0.3, 0.4) is 0 Å². The number of esters is 1. The lowest BCUT2D eigenvalue weighted by Crippen LogP contribution is -2.44. The first-order chi connectivity index (χ1) is 16.6. The van der Waals surface area contributed by atoms with E-state index in [1.54, 1.807) is 18.2 Å². The number of aliphatic hydroxyl groups is 1.